The van der Waals surface area contributed by atoms with Gasteiger partial charge in [0.2, 0.25) is 5.76 Å². The van der Waals surface area contributed by atoms with Crippen LogP contribution in [0.4, 0.5) is 0 Å². The second-order valence-electron chi connectivity index (χ2n) is 10.0. The molecule has 4 aromatic rings. The van der Waals surface area contributed by atoms with Gasteiger partial charge in [0.15, 0.2) is 16.9 Å². The zero-order chi connectivity index (χ0) is 26.8. The van der Waals surface area contributed by atoms with E-state index in [-0.39, 0.29) is 23.6 Å². The average molecular weight is 513 g/mol. The Balaban J connectivity index is 1.64. The lowest BCUT2D eigenvalue weighted by molar-refractivity contribution is 0.0714. The Hall–Kier alpha value is -4.13. The number of hydrogen-bond acceptors (Lipinski definition) is 6. The summed E-state index contributed by atoms with van der Waals surface area (Å²) in [5.41, 5.74) is 3.09. The molecular weight excluding hydrogens is 480 g/mol. The molecule has 2 aromatic heterocycles. The van der Waals surface area contributed by atoms with Crippen molar-refractivity contribution in [3.63, 3.8) is 0 Å². The molecule has 1 unspecified atom stereocenters. The minimum atomic E-state index is -0.650. The van der Waals surface area contributed by atoms with Gasteiger partial charge in [0.25, 0.3) is 5.91 Å². The first kappa shape index (κ1) is 25.5. The fraction of sp³-hybridized carbons (Fsp3) is 0.323. The molecule has 7 heteroatoms. The highest BCUT2D eigenvalue weighted by Gasteiger charge is 2.43. The van der Waals surface area contributed by atoms with Gasteiger partial charge in [-0.05, 0) is 67.6 Å². The van der Waals surface area contributed by atoms with Crippen LogP contribution in [0, 0.1) is 12.8 Å². The van der Waals surface area contributed by atoms with Crippen LogP contribution < -0.4 is 14.9 Å². The molecule has 0 radical (unpaired) electrons. The topological polar surface area (TPSA) is 81.9 Å². The molecule has 3 heterocycles. The maximum Gasteiger partial charge on any atom is 0.291 e. The maximum atomic E-state index is 13.9. The molecule has 1 aliphatic rings. The molecule has 1 aliphatic heterocycles. The number of fused-ring (bicyclic) bond motifs is 2. The molecule has 0 bridgehead atoms. The Labute approximate surface area is 222 Å². The number of carbonyl (C=O) groups is 1. The average Bonchev–Trinajstić information content (AvgIpc) is 3.17. The van der Waals surface area contributed by atoms with E-state index in [1.54, 1.807) is 23.4 Å². The molecule has 1 amide bonds. The predicted octanol–water partition coefficient (Wildman–Crippen LogP) is 6.07. The van der Waals surface area contributed by atoms with Gasteiger partial charge in [0.05, 0.1) is 30.2 Å². The Morgan fingerprint density at radius 1 is 1.05 bits per heavy atom. The SMILES string of the molecule is CCOc1cc(C2c3c(oc4ccc(C)cc4c3=O)C(=O)N2Cc2cccnc2)ccc1OCCC(C)C. The van der Waals surface area contributed by atoms with Gasteiger partial charge in [-0.25, -0.2) is 0 Å². The number of ether oxygens (including phenoxy) is 2. The molecule has 7 nitrogen and oxygen atoms in total. The van der Waals surface area contributed by atoms with Gasteiger partial charge >= 0.3 is 0 Å². The number of aryl methyl sites for hydroxylation is 1. The van der Waals surface area contributed by atoms with Crippen molar-refractivity contribution >= 4 is 16.9 Å². The van der Waals surface area contributed by atoms with E-state index in [1.807, 2.05) is 56.3 Å². The Bertz CT molecular complexity index is 1530. The first-order chi connectivity index (χ1) is 18.4. The normalized spacial score (nSPS) is 14.8. The number of pyridine rings is 1. The number of amides is 1. The number of hydrogen-bond donors (Lipinski definition) is 0. The second-order valence-corrected chi connectivity index (χ2v) is 10.0. The van der Waals surface area contributed by atoms with Crippen molar-refractivity contribution in [1.82, 2.24) is 9.88 Å². The van der Waals surface area contributed by atoms with Crippen LogP contribution in [0.3, 0.4) is 0 Å². The molecule has 2 aromatic carbocycles. The van der Waals surface area contributed by atoms with Crippen LogP contribution in [0.1, 0.15) is 66.0 Å². The first-order valence-corrected chi connectivity index (χ1v) is 13.0. The monoisotopic (exact) mass is 512 g/mol. The summed E-state index contributed by atoms with van der Waals surface area (Å²) in [6.45, 7) is 9.44. The van der Waals surface area contributed by atoms with E-state index in [2.05, 4.69) is 18.8 Å². The van der Waals surface area contributed by atoms with Crippen molar-refractivity contribution in [2.45, 2.75) is 46.7 Å². The summed E-state index contributed by atoms with van der Waals surface area (Å²) < 4.78 is 18.1. The zero-order valence-corrected chi connectivity index (χ0v) is 22.2. The van der Waals surface area contributed by atoms with E-state index in [4.69, 9.17) is 13.9 Å². The third-order valence-corrected chi connectivity index (χ3v) is 6.73. The summed E-state index contributed by atoms with van der Waals surface area (Å²) >= 11 is 0. The van der Waals surface area contributed by atoms with Crippen LogP contribution in [0.25, 0.3) is 11.0 Å². The van der Waals surface area contributed by atoms with Gasteiger partial charge in [-0.2, -0.15) is 0 Å². The molecule has 0 spiro atoms. The molecule has 1 atom stereocenters. The van der Waals surface area contributed by atoms with Gasteiger partial charge < -0.3 is 18.8 Å². The Morgan fingerprint density at radius 3 is 2.63 bits per heavy atom. The standard InChI is InChI=1S/C31H32N2O5/c1-5-36-26-16-22(9-11-25(26)37-14-12-19(2)3)28-27-29(34)23-15-20(4)8-10-24(23)38-30(27)31(35)33(28)18-21-7-6-13-32-17-21/h6-11,13,15-17,19,28H,5,12,14,18H2,1-4H3. The smallest absolute Gasteiger partial charge is 0.291 e. The molecule has 0 saturated heterocycles. The highest BCUT2D eigenvalue weighted by Crippen LogP contribution is 2.42. The van der Waals surface area contributed by atoms with Crippen LogP contribution in [-0.2, 0) is 6.54 Å². The van der Waals surface area contributed by atoms with Crippen molar-refractivity contribution in [3.8, 4) is 11.5 Å². The predicted molar refractivity (Wildman–Crippen MR) is 146 cm³/mol. The first-order valence-electron chi connectivity index (χ1n) is 13.0. The molecule has 5 rings (SSSR count). The van der Waals surface area contributed by atoms with Gasteiger partial charge in [-0.1, -0.05) is 37.6 Å². The van der Waals surface area contributed by atoms with Gasteiger partial charge in [-0.15, -0.1) is 0 Å². The zero-order valence-electron chi connectivity index (χ0n) is 22.2. The van der Waals surface area contributed by atoms with Gasteiger partial charge in [0, 0.05) is 18.9 Å². The van der Waals surface area contributed by atoms with Crippen molar-refractivity contribution in [1.29, 1.82) is 0 Å². The fourth-order valence-electron chi connectivity index (χ4n) is 4.82. The Kier molecular flexibility index (Phi) is 7.18. The number of benzene rings is 2. The van der Waals surface area contributed by atoms with Crippen LogP contribution in [0.5, 0.6) is 11.5 Å². The molecule has 0 saturated carbocycles. The summed E-state index contributed by atoms with van der Waals surface area (Å²) in [7, 11) is 0. The van der Waals surface area contributed by atoms with Gasteiger partial charge in [0.1, 0.15) is 5.58 Å². The van der Waals surface area contributed by atoms with E-state index in [0.717, 1.165) is 23.1 Å². The highest BCUT2D eigenvalue weighted by molar-refractivity contribution is 5.99. The highest BCUT2D eigenvalue weighted by atomic mass is 16.5. The number of nitrogens with zero attached hydrogens (tertiary/aromatic N) is 2. The molecule has 196 valence electrons. The van der Waals surface area contributed by atoms with E-state index in [9.17, 15) is 9.59 Å². The van der Waals surface area contributed by atoms with Crippen molar-refractivity contribution in [3.05, 3.63) is 99.2 Å². The Morgan fingerprint density at radius 2 is 1.89 bits per heavy atom. The van der Waals surface area contributed by atoms with Crippen LogP contribution in [-0.4, -0.2) is 29.0 Å². The summed E-state index contributed by atoms with van der Waals surface area (Å²) in [4.78, 5) is 33.5. The van der Waals surface area contributed by atoms with Gasteiger partial charge in [-0.3, -0.25) is 14.6 Å². The van der Waals surface area contributed by atoms with E-state index in [0.29, 0.717) is 47.2 Å². The fourth-order valence-corrected chi connectivity index (χ4v) is 4.82. The van der Waals surface area contributed by atoms with Crippen LogP contribution >= 0.6 is 0 Å². The summed E-state index contributed by atoms with van der Waals surface area (Å²) in [5, 5.41) is 0.462. The molecule has 38 heavy (non-hydrogen) atoms. The number of rotatable bonds is 9. The lowest BCUT2D eigenvalue weighted by Gasteiger charge is -2.26. The molecule has 0 aliphatic carbocycles. The van der Waals surface area contributed by atoms with Crippen molar-refractivity contribution in [2.75, 3.05) is 13.2 Å². The lowest BCUT2D eigenvalue weighted by atomic mass is 9.97. The van der Waals surface area contributed by atoms with E-state index >= 15 is 0 Å². The lowest BCUT2D eigenvalue weighted by Crippen LogP contribution is -2.29. The van der Waals surface area contributed by atoms with E-state index in [1.165, 1.54) is 0 Å². The van der Waals surface area contributed by atoms with E-state index < -0.39 is 6.04 Å². The molecule has 0 fully saturated rings. The second kappa shape index (κ2) is 10.7. The number of aromatic nitrogens is 1. The molecule has 0 N–H and O–H groups in total. The quantitative estimate of drug-likeness (QED) is 0.271. The minimum absolute atomic E-state index is 0.0791. The van der Waals surface area contributed by atoms with Crippen molar-refractivity contribution in [2.24, 2.45) is 5.92 Å². The maximum absolute atomic E-state index is 13.9. The minimum Gasteiger partial charge on any atom is -0.490 e. The van der Waals surface area contributed by atoms with Crippen LogP contribution in [0.2, 0.25) is 0 Å². The largest absolute Gasteiger partial charge is 0.490 e. The summed E-state index contributed by atoms with van der Waals surface area (Å²) in [6.07, 6.45) is 4.33. The number of carbonyl (C=O) groups excluding carboxylic acids is 1. The summed E-state index contributed by atoms with van der Waals surface area (Å²) in [5.74, 6) is 1.49. The van der Waals surface area contributed by atoms with Crippen LogP contribution in [0.15, 0.2) is 70.1 Å². The summed E-state index contributed by atoms with van der Waals surface area (Å²) in [6, 6.07) is 14.1. The third kappa shape index (κ3) is 4.88. The van der Waals surface area contributed by atoms with Crippen molar-refractivity contribution < 1.29 is 18.7 Å². The third-order valence-electron chi connectivity index (χ3n) is 6.73. The molecular formula is C31H32N2O5.